The second kappa shape index (κ2) is 9.56. The number of carbonyl (C=O) groups is 2. The molecule has 0 atom stereocenters. The molecule has 2 aliphatic rings. The topological polar surface area (TPSA) is 52.7 Å². The van der Waals surface area contributed by atoms with Crippen molar-refractivity contribution in [1.29, 1.82) is 0 Å². The van der Waals surface area contributed by atoms with Crippen LogP contribution in [-0.4, -0.2) is 59.9 Å². The highest BCUT2D eigenvalue weighted by Crippen LogP contribution is 2.27. The lowest BCUT2D eigenvalue weighted by Crippen LogP contribution is -2.46. The zero-order chi connectivity index (χ0) is 18.3. The normalized spacial score (nSPS) is 21.0. The first-order valence-corrected chi connectivity index (χ1v) is 10.1. The van der Waals surface area contributed by atoms with E-state index in [0.717, 1.165) is 44.9 Å². The number of hydrogen-bond donors (Lipinski definition) is 1. The van der Waals surface area contributed by atoms with Crippen molar-refractivity contribution < 1.29 is 9.59 Å². The van der Waals surface area contributed by atoms with Gasteiger partial charge in [-0.05, 0) is 39.5 Å². The molecule has 0 aromatic carbocycles. The van der Waals surface area contributed by atoms with Crippen LogP contribution in [0.3, 0.4) is 0 Å². The second-order valence-corrected chi connectivity index (χ2v) is 8.85. The van der Waals surface area contributed by atoms with Gasteiger partial charge in [0.1, 0.15) is 0 Å². The number of nitrogens with one attached hydrogen (secondary N) is 1. The first-order valence-electron chi connectivity index (χ1n) is 10.1. The third kappa shape index (κ3) is 7.76. The van der Waals surface area contributed by atoms with Gasteiger partial charge in [-0.2, -0.15) is 0 Å². The maximum Gasteiger partial charge on any atom is 0.234 e. The van der Waals surface area contributed by atoms with Gasteiger partial charge in [0.05, 0.1) is 6.54 Å². The molecule has 5 heteroatoms. The van der Waals surface area contributed by atoms with Crippen molar-refractivity contribution in [3.63, 3.8) is 0 Å². The van der Waals surface area contributed by atoms with Crippen LogP contribution in [0.4, 0.5) is 0 Å². The quantitative estimate of drug-likeness (QED) is 0.829. The van der Waals surface area contributed by atoms with Crippen molar-refractivity contribution in [2.24, 2.45) is 5.92 Å². The predicted octanol–water partition coefficient (Wildman–Crippen LogP) is 2.80. The molecule has 25 heavy (non-hydrogen) atoms. The molecule has 144 valence electrons. The SMILES string of the molecule is CC(C)(C)NC(=O)CN1CCCN(C(=O)CCC2CCCCC2)CC1. The van der Waals surface area contributed by atoms with Gasteiger partial charge >= 0.3 is 0 Å². The fourth-order valence-corrected chi connectivity index (χ4v) is 4.00. The zero-order valence-electron chi connectivity index (χ0n) is 16.5. The molecule has 1 aliphatic heterocycles. The fourth-order valence-electron chi connectivity index (χ4n) is 4.00. The van der Waals surface area contributed by atoms with E-state index in [1.165, 1.54) is 32.1 Å². The Kier molecular flexibility index (Phi) is 7.73. The minimum absolute atomic E-state index is 0.0737. The van der Waals surface area contributed by atoms with E-state index >= 15 is 0 Å². The fraction of sp³-hybridized carbons (Fsp3) is 0.900. The molecule has 1 heterocycles. The number of amides is 2. The average Bonchev–Trinajstić information content (AvgIpc) is 2.77. The van der Waals surface area contributed by atoms with Crippen molar-refractivity contribution in [3.05, 3.63) is 0 Å². The Bertz CT molecular complexity index is 439. The first-order chi connectivity index (χ1) is 11.8. The summed E-state index contributed by atoms with van der Waals surface area (Å²) in [6, 6.07) is 0. The Morgan fingerprint density at radius 3 is 2.36 bits per heavy atom. The van der Waals surface area contributed by atoms with Gasteiger partial charge < -0.3 is 10.2 Å². The Morgan fingerprint density at radius 1 is 0.960 bits per heavy atom. The lowest BCUT2D eigenvalue weighted by atomic mass is 9.86. The van der Waals surface area contributed by atoms with Gasteiger partial charge in [-0.1, -0.05) is 32.1 Å². The third-order valence-electron chi connectivity index (χ3n) is 5.31. The van der Waals surface area contributed by atoms with Gasteiger partial charge in [-0.3, -0.25) is 14.5 Å². The lowest BCUT2D eigenvalue weighted by molar-refractivity contribution is -0.131. The molecule has 5 nitrogen and oxygen atoms in total. The van der Waals surface area contributed by atoms with Crippen molar-refractivity contribution >= 4 is 11.8 Å². The van der Waals surface area contributed by atoms with Gasteiger partial charge in [-0.25, -0.2) is 0 Å². The van der Waals surface area contributed by atoms with Gasteiger partial charge in [0.25, 0.3) is 0 Å². The summed E-state index contributed by atoms with van der Waals surface area (Å²) in [4.78, 5) is 28.8. The summed E-state index contributed by atoms with van der Waals surface area (Å²) in [5.41, 5.74) is -0.190. The van der Waals surface area contributed by atoms with E-state index in [1.807, 2.05) is 25.7 Å². The first kappa shape index (κ1) is 20.2. The smallest absolute Gasteiger partial charge is 0.234 e. The standard InChI is InChI=1S/C20H37N3O2/c1-20(2,3)21-18(24)16-22-12-7-13-23(15-14-22)19(25)11-10-17-8-5-4-6-9-17/h17H,4-16H2,1-3H3,(H,21,24). The van der Waals surface area contributed by atoms with Crippen molar-refractivity contribution in [2.75, 3.05) is 32.7 Å². The van der Waals surface area contributed by atoms with Gasteiger partial charge in [0.15, 0.2) is 0 Å². The summed E-state index contributed by atoms with van der Waals surface area (Å²) >= 11 is 0. The summed E-state index contributed by atoms with van der Waals surface area (Å²) in [6.45, 7) is 9.71. The zero-order valence-corrected chi connectivity index (χ0v) is 16.5. The summed E-state index contributed by atoms with van der Waals surface area (Å²) in [5.74, 6) is 1.15. The summed E-state index contributed by atoms with van der Waals surface area (Å²) in [5, 5.41) is 3.02. The van der Waals surface area contributed by atoms with E-state index in [-0.39, 0.29) is 11.4 Å². The van der Waals surface area contributed by atoms with Crippen LogP contribution in [0.15, 0.2) is 0 Å². The summed E-state index contributed by atoms with van der Waals surface area (Å²) in [6.07, 6.45) is 9.39. The molecule has 0 unspecified atom stereocenters. The van der Waals surface area contributed by atoms with Crippen LogP contribution in [0.25, 0.3) is 0 Å². The Morgan fingerprint density at radius 2 is 1.68 bits per heavy atom. The molecule has 1 N–H and O–H groups in total. The van der Waals surface area contributed by atoms with Gasteiger partial charge in [-0.15, -0.1) is 0 Å². The third-order valence-corrected chi connectivity index (χ3v) is 5.31. The Labute approximate surface area is 153 Å². The Hall–Kier alpha value is -1.10. The number of nitrogens with zero attached hydrogens (tertiary/aromatic N) is 2. The van der Waals surface area contributed by atoms with Crippen LogP contribution in [-0.2, 0) is 9.59 Å². The molecule has 1 saturated carbocycles. The number of rotatable bonds is 5. The second-order valence-electron chi connectivity index (χ2n) is 8.85. The molecule has 0 aromatic rings. The number of hydrogen-bond acceptors (Lipinski definition) is 3. The molecule has 1 aliphatic carbocycles. The van der Waals surface area contributed by atoms with Crippen LogP contribution < -0.4 is 5.32 Å². The van der Waals surface area contributed by atoms with E-state index in [2.05, 4.69) is 10.2 Å². The van der Waals surface area contributed by atoms with Gasteiger partial charge in [0, 0.05) is 38.1 Å². The maximum atomic E-state index is 12.5. The maximum absolute atomic E-state index is 12.5. The van der Waals surface area contributed by atoms with E-state index in [0.29, 0.717) is 18.9 Å². The van der Waals surface area contributed by atoms with Crippen LogP contribution >= 0.6 is 0 Å². The van der Waals surface area contributed by atoms with Crippen LogP contribution in [0.2, 0.25) is 0 Å². The van der Waals surface area contributed by atoms with E-state index in [4.69, 9.17) is 0 Å². The summed E-state index contributed by atoms with van der Waals surface area (Å²) in [7, 11) is 0. The minimum Gasteiger partial charge on any atom is -0.350 e. The van der Waals surface area contributed by atoms with Crippen molar-refractivity contribution in [3.8, 4) is 0 Å². The molecule has 2 fully saturated rings. The highest BCUT2D eigenvalue weighted by Gasteiger charge is 2.23. The number of carbonyl (C=O) groups excluding carboxylic acids is 2. The highest BCUT2D eigenvalue weighted by atomic mass is 16.2. The summed E-state index contributed by atoms with van der Waals surface area (Å²) < 4.78 is 0. The highest BCUT2D eigenvalue weighted by molar-refractivity contribution is 5.79. The molecule has 0 spiro atoms. The molecule has 2 amide bonds. The van der Waals surface area contributed by atoms with E-state index in [1.54, 1.807) is 0 Å². The largest absolute Gasteiger partial charge is 0.350 e. The van der Waals surface area contributed by atoms with Crippen LogP contribution in [0, 0.1) is 5.92 Å². The molecule has 0 radical (unpaired) electrons. The van der Waals surface area contributed by atoms with Crippen molar-refractivity contribution in [1.82, 2.24) is 15.1 Å². The molecule has 0 aromatic heterocycles. The molecule has 0 bridgehead atoms. The molecule has 2 rings (SSSR count). The van der Waals surface area contributed by atoms with E-state index in [9.17, 15) is 9.59 Å². The van der Waals surface area contributed by atoms with E-state index < -0.39 is 0 Å². The van der Waals surface area contributed by atoms with Crippen LogP contribution in [0.5, 0.6) is 0 Å². The average molecular weight is 352 g/mol. The Balaban J connectivity index is 1.70. The van der Waals surface area contributed by atoms with Gasteiger partial charge in [0.2, 0.25) is 11.8 Å². The minimum atomic E-state index is -0.190. The lowest BCUT2D eigenvalue weighted by Gasteiger charge is -2.25. The molecule has 1 saturated heterocycles. The molecular formula is C20H37N3O2. The van der Waals surface area contributed by atoms with Crippen molar-refractivity contribution in [2.45, 2.75) is 77.7 Å². The predicted molar refractivity (Wildman–Crippen MR) is 101 cm³/mol. The monoisotopic (exact) mass is 351 g/mol. The molecular weight excluding hydrogens is 314 g/mol. The van der Waals surface area contributed by atoms with Crippen LogP contribution in [0.1, 0.15) is 72.1 Å².